The molecular weight excluding hydrogens is 306 g/mol. The van der Waals surface area contributed by atoms with Crippen LogP contribution in [0.1, 0.15) is 42.0 Å². The first-order valence-electron chi connectivity index (χ1n) is 8.13. The molecule has 0 saturated carbocycles. The van der Waals surface area contributed by atoms with Crippen LogP contribution in [0.3, 0.4) is 0 Å². The minimum Gasteiger partial charge on any atom is -0.425 e. The first-order valence-corrected chi connectivity index (χ1v) is 8.13. The Kier molecular flexibility index (Phi) is 3.16. The van der Waals surface area contributed by atoms with E-state index in [1.807, 2.05) is 6.08 Å². The molecule has 0 radical (unpaired) electrons. The van der Waals surface area contributed by atoms with Gasteiger partial charge in [0.25, 0.3) is 0 Å². The fourth-order valence-electron chi connectivity index (χ4n) is 3.86. The van der Waals surface area contributed by atoms with Gasteiger partial charge in [-0.25, -0.2) is 0 Å². The van der Waals surface area contributed by atoms with E-state index in [2.05, 4.69) is 35.5 Å². The minimum absolute atomic E-state index is 0.431. The molecule has 2 heterocycles. The SMILES string of the molecule is Cc1ccc(C)n1C1=CC2=C(CC1)CCc1[nH]c(=O)c(=O)n(O)c12. The summed E-state index contributed by atoms with van der Waals surface area (Å²) in [5.74, 6) is 0. The monoisotopic (exact) mass is 325 g/mol. The lowest BCUT2D eigenvalue weighted by Crippen LogP contribution is -2.39. The van der Waals surface area contributed by atoms with Crippen LogP contribution in [-0.4, -0.2) is 19.5 Å². The number of fused-ring (bicyclic) bond motifs is 2. The van der Waals surface area contributed by atoms with Crippen molar-refractivity contribution in [2.75, 3.05) is 0 Å². The summed E-state index contributed by atoms with van der Waals surface area (Å²) in [5.41, 5.74) is 4.88. The normalized spacial score (nSPS) is 16.7. The van der Waals surface area contributed by atoms with Crippen LogP contribution >= 0.6 is 0 Å². The lowest BCUT2D eigenvalue weighted by molar-refractivity contribution is 0.168. The van der Waals surface area contributed by atoms with Gasteiger partial charge < -0.3 is 14.8 Å². The quantitative estimate of drug-likeness (QED) is 0.623. The van der Waals surface area contributed by atoms with Crippen LogP contribution in [0.15, 0.2) is 33.4 Å². The van der Waals surface area contributed by atoms with Crippen molar-refractivity contribution in [1.82, 2.24) is 14.3 Å². The Morgan fingerprint density at radius 1 is 1.04 bits per heavy atom. The number of nitrogens with zero attached hydrogens (tertiary/aromatic N) is 2. The van der Waals surface area contributed by atoms with Gasteiger partial charge in [-0.15, -0.1) is 4.73 Å². The summed E-state index contributed by atoms with van der Waals surface area (Å²) in [6.45, 7) is 4.12. The fraction of sp³-hybridized carbons (Fsp3) is 0.333. The highest BCUT2D eigenvalue weighted by Crippen LogP contribution is 2.39. The molecule has 24 heavy (non-hydrogen) atoms. The number of H-pyrrole nitrogens is 1. The zero-order valence-electron chi connectivity index (χ0n) is 13.7. The molecule has 0 aliphatic heterocycles. The van der Waals surface area contributed by atoms with Gasteiger partial charge in [-0.05, 0) is 57.7 Å². The topological polar surface area (TPSA) is 80.0 Å². The Morgan fingerprint density at radius 2 is 1.71 bits per heavy atom. The molecule has 2 aliphatic rings. The molecule has 0 saturated heterocycles. The molecule has 0 bridgehead atoms. The van der Waals surface area contributed by atoms with E-state index in [-0.39, 0.29) is 0 Å². The third-order valence-electron chi connectivity index (χ3n) is 5.01. The predicted octanol–water partition coefficient (Wildman–Crippen LogP) is 2.23. The van der Waals surface area contributed by atoms with Gasteiger partial charge in [-0.2, -0.15) is 0 Å². The van der Waals surface area contributed by atoms with Gasteiger partial charge in [0, 0.05) is 28.4 Å². The van der Waals surface area contributed by atoms with E-state index < -0.39 is 11.1 Å². The van der Waals surface area contributed by atoms with E-state index in [4.69, 9.17) is 0 Å². The van der Waals surface area contributed by atoms with Gasteiger partial charge >= 0.3 is 11.1 Å². The van der Waals surface area contributed by atoms with E-state index in [1.54, 1.807) is 0 Å². The number of hydrogen-bond acceptors (Lipinski definition) is 3. The molecule has 0 unspecified atom stereocenters. The van der Waals surface area contributed by atoms with Crippen LogP contribution < -0.4 is 11.1 Å². The number of aromatic nitrogens is 3. The maximum Gasteiger partial charge on any atom is 0.348 e. The number of allylic oxidation sites excluding steroid dienone is 4. The Hall–Kier alpha value is -2.76. The lowest BCUT2D eigenvalue weighted by atomic mass is 9.84. The average Bonchev–Trinajstić information content (AvgIpc) is 2.90. The van der Waals surface area contributed by atoms with E-state index in [0.29, 0.717) is 22.5 Å². The minimum atomic E-state index is -0.934. The second kappa shape index (κ2) is 5.12. The molecule has 4 rings (SSSR count). The van der Waals surface area contributed by atoms with E-state index in [0.717, 1.165) is 41.9 Å². The molecular formula is C18H19N3O3. The van der Waals surface area contributed by atoms with Gasteiger partial charge in [-0.1, -0.05) is 5.57 Å². The van der Waals surface area contributed by atoms with Crippen LogP contribution in [-0.2, 0) is 6.42 Å². The van der Waals surface area contributed by atoms with Gasteiger partial charge in [-0.3, -0.25) is 9.59 Å². The predicted molar refractivity (Wildman–Crippen MR) is 91.2 cm³/mol. The first-order chi connectivity index (χ1) is 11.5. The Morgan fingerprint density at radius 3 is 2.42 bits per heavy atom. The molecule has 2 aromatic rings. The summed E-state index contributed by atoms with van der Waals surface area (Å²) in [5, 5.41) is 10.2. The summed E-state index contributed by atoms with van der Waals surface area (Å²) in [6.07, 6.45) is 5.33. The number of nitrogens with one attached hydrogen (secondary N) is 1. The van der Waals surface area contributed by atoms with Gasteiger partial charge in [0.05, 0.1) is 0 Å². The van der Waals surface area contributed by atoms with Crippen molar-refractivity contribution in [3.63, 3.8) is 0 Å². The molecule has 6 nitrogen and oxygen atoms in total. The zero-order valence-corrected chi connectivity index (χ0v) is 13.7. The molecule has 6 heteroatoms. The number of hydrogen-bond donors (Lipinski definition) is 2. The summed E-state index contributed by atoms with van der Waals surface area (Å²) < 4.78 is 2.71. The molecule has 0 amide bonds. The summed E-state index contributed by atoms with van der Waals surface area (Å²) in [6, 6.07) is 4.16. The molecule has 0 atom stereocenters. The standard InChI is InChI=1S/C18H19N3O3/c1-10-3-4-11(2)20(10)13-7-5-12-6-8-15-16(14(12)9-13)21(24)18(23)17(22)19-15/h3-4,9,24H,5-8H2,1-2H3,(H,19,22). The van der Waals surface area contributed by atoms with Crippen molar-refractivity contribution in [3.05, 3.63) is 67.3 Å². The van der Waals surface area contributed by atoms with Crippen LogP contribution in [0.4, 0.5) is 0 Å². The zero-order chi connectivity index (χ0) is 17.0. The van der Waals surface area contributed by atoms with Crippen LogP contribution in [0.5, 0.6) is 0 Å². The highest BCUT2D eigenvalue weighted by molar-refractivity contribution is 5.84. The third-order valence-corrected chi connectivity index (χ3v) is 5.01. The molecule has 2 N–H and O–H groups in total. The molecule has 2 aromatic heterocycles. The molecule has 0 spiro atoms. The van der Waals surface area contributed by atoms with Crippen molar-refractivity contribution in [2.45, 2.75) is 39.5 Å². The first kappa shape index (κ1) is 14.8. The summed E-state index contributed by atoms with van der Waals surface area (Å²) >= 11 is 0. The fourth-order valence-corrected chi connectivity index (χ4v) is 3.86. The van der Waals surface area contributed by atoms with Crippen LogP contribution in [0, 0.1) is 13.8 Å². The van der Waals surface area contributed by atoms with Crippen LogP contribution in [0.25, 0.3) is 11.3 Å². The third kappa shape index (κ3) is 2.02. The highest BCUT2D eigenvalue weighted by Gasteiger charge is 2.27. The number of aromatic amines is 1. The maximum absolute atomic E-state index is 11.9. The molecule has 0 fully saturated rings. The summed E-state index contributed by atoms with van der Waals surface area (Å²) in [4.78, 5) is 26.1. The lowest BCUT2D eigenvalue weighted by Gasteiger charge is -2.27. The smallest absolute Gasteiger partial charge is 0.348 e. The summed E-state index contributed by atoms with van der Waals surface area (Å²) in [7, 11) is 0. The van der Waals surface area contributed by atoms with Gasteiger partial charge in [0.2, 0.25) is 0 Å². The van der Waals surface area contributed by atoms with Crippen molar-refractivity contribution in [2.24, 2.45) is 0 Å². The van der Waals surface area contributed by atoms with E-state index >= 15 is 0 Å². The van der Waals surface area contributed by atoms with E-state index in [1.165, 1.54) is 5.57 Å². The molecule has 0 aromatic carbocycles. The second-order valence-corrected chi connectivity index (χ2v) is 6.50. The molecule has 2 aliphatic carbocycles. The second-order valence-electron chi connectivity index (χ2n) is 6.50. The van der Waals surface area contributed by atoms with Crippen LogP contribution in [0.2, 0.25) is 0 Å². The maximum atomic E-state index is 11.9. The van der Waals surface area contributed by atoms with Crippen molar-refractivity contribution in [1.29, 1.82) is 0 Å². The Labute approximate surface area is 138 Å². The average molecular weight is 325 g/mol. The Bertz CT molecular complexity index is 1010. The highest BCUT2D eigenvalue weighted by atomic mass is 16.5. The van der Waals surface area contributed by atoms with Gasteiger partial charge in [0.1, 0.15) is 5.69 Å². The Balaban J connectivity index is 1.94. The van der Waals surface area contributed by atoms with E-state index in [9.17, 15) is 14.8 Å². The largest absolute Gasteiger partial charge is 0.425 e. The van der Waals surface area contributed by atoms with Crippen molar-refractivity contribution < 1.29 is 5.21 Å². The van der Waals surface area contributed by atoms with Crippen molar-refractivity contribution in [3.8, 4) is 0 Å². The van der Waals surface area contributed by atoms with Crippen molar-refractivity contribution >= 4 is 11.3 Å². The van der Waals surface area contributed by atoms with Gasteiger partial charge in [0.15, 0.2) is 0 Å². The molecule has 124 valence electrons. The number of rotatable bonds is 1. The number of aryl methyl sites for hydroxylation is 3.